The molecule has 0 aliphatic heterocycles. The molecule has 0 amide bonds. The van der Waals surface area contributed by atoms with E-state index in [1.54, 1.807) is 6.92 Å². The molecule has 0 saturated carbocycles. The molecule has 4 nitrogen and oxygen atoms in total. The smallest absolute Gasteiger partial charge is 0.225 e. The van der Waals surface area contributed by atoms with Crippen LogP contribution in [0.15, 0.2) is 30.5 Å². The zero-order valence-electron chi connectivity index (χ0n) is 10.2. The molecule has 1 N–H and O–H groups in total. The van der Waals surface area contributed by atoms with Crippen LogP contribution in [0.1, 0.15) is 13.3 Å². The van der Waals surface area contributed by atoms with Crippen molar-refractivity contribution in [3.8, 4) is 0 Å². The van der Waals surface area contributed by atoms with E-state index in [4.69, 9.17) is 0 Å². The molecule has 0 aliphatic carbocycles. The summed E-state index contributed by atoms with van der Waals surface area (Å²) in [4.78, 5) is 10.8. The molecule has 90 valence electrons. The zero-order chi connectivity index (χ0) is 12.3. The fraction of sp³-hybridized carbons (Fsp3) is 0.385. The van der Waals surface area contributed by atoms with Crippen LogP contribution in [0.25, 0.3) is 10.9 Å². The highest BCUT2D eigenvalue weighted by Crippen LogP contribution is 2.14. The van der Waals surface area contributed by atoms with Crippen LogP contribution in [-0.2, 0) is 0 Å². The average molecular weight is 231 g/mol. The second-order valence-electron chi connectivity index (χ2n) is 4.29. The normalized spacial score (nSPS) is 12.6. The molecule has 1 aromatic carbocycles. The third-order valence-corrected chi connectivity index (χ3v) is 2.70. The monoisotopic (exact) mass is 231 g/mol. The van der Waals surface area contributed by atoms with Gasteiger partial charge in [-0.05, 0) is 19.4 Å². The van der Waals surface area contributed by atoms with Crippen LogP contribution >= 0.6 is 0 Å². The van der Waals surface area contributed by atoms with Gasteiger partial charge in [0.05, 0.1) is 11.6 Å². The van der Waals surface area contributed by atoms with Gasteiger partial charge >= 0.3 is 0 Å². The Morgan fingerprint density at radius 3 is 2.88 bits per heavy atom. The van der Waals surface area contributed by atoms with E-state index in [0.717, 1.165) is 17.4 Å². The number of nitrogens with zero attached hydrogens (tertiary/aromatic N) is 3. The van der Waals surface area contributed by atoms with Crippen LogP contribution in [-0.4, -0.2) is 34.8 Å². The minimum atomic E-state index is -0.294. The molecule has 0 saturated heterocycles. The highest BCUT2D eigenvalue weighted by Gasteiger charge is 2.06. The molecule has 4 heteroatoms. The highest BCUT2D eigenvalue weighted by molar-refractivity contribution is 5.78. The summed E-state index contributed by atoms with van der Waals surface area (Å²) in [6.07, 6.45) is 2.25. The topological polar surface area (TPSA) is 49.2 Å². The molecule has 1 unspecified atom stereocenters. The predicted molar refractivity (Wildman–Crippen MR) is 69.1 cm³/mol. The molecule has 0 fully saturated rings. The Morgan fingerprint density at radius 2 is 2.12 bits per heavy atom. The molecular weight excluding hydrogens is 214 g/mol. The van der Waals surface area contributed by atoms with Gasteiger partial charge in [0.2, 0.25) is 5.95 Å². The van der Waals surface area contributed by atoms with Crippen LogP contribution in [0.5, 0.6) is 0 Å². The van der Waals surface area contributed by atoms with Crippen LogP contribution in [0.3, 0.4) is 0 Å². The van der Waals surface area contributed by atoms with E-state index in [2.05, 4.69) is 9.97 Å². The third-order valence-electron chi connectivity index (χ3n) is 2.70. The number of fused-ring (bicyclic) bond motifs is 1. The van der Waals surface area contributed by atoms with E-state index in [-0.39, 0.29) is 6.10 Å². The van der Waals surface area contributed by atoms with Gasteiger partial charge in [-0.15, -0.1) is 0 Å². The first-order valence-electron chi connectivity index (χ1n) is 5.78. The lowest BCUT2D eigenvalue weighted by molar-refractivity contribution is 0.186. The lowest BCUT2D eigenvalue weighted by Gasteiger charge is -2.17. The standard InChI is InChI=1S/C13H17N3O/c1-10(17)7-8-16(2)13-14-9-11-5-3-4-6-12(11)15-13/h3-6,9-10,17H,7-8H2,1-2H3. The van der Waals surface area contributed by atoms with Gasteiger partial charge in [-0.25, -0.2) is 9.97 Å². The van der Waals surface area contributed by atoms with Gasteiger partial charge in [-0.2, -0.15) is 0 Å². The van der Waals surface area contributed by atoms with Crippen molar-refractivity contribution in [1.29, 1.82) is 0 Å². The first-order chi connectivity index (χ1) is 8.16. The van der Waals surface area contributed by atoms with E-state index in [1.807, 2.05) is 42.4 Å². The van der Waals surface area contributed by atoms with E-state index >= 15 is 0 Å². The number of anilines is 1. The van der Waals surface area contributed by atoms with Crippen molar-refractivity contribution in [3.63, 3.8) is 0 Å². The quantitative estimate of drug-likeness (QED) is 0.872. The molecule has 1 heterocycles. The molecule has 17 heavy (non-hydrogen) atoms. The SMILES string of the molecule is CC(O)CCN(C)c1ncc2ccccc2n1. The maximum atomic E-state index is 9.25. The highest BCUT2D eigenvalue weighted by atomic mass is 16.3. The van der Waals surface area contributed by atoms with Crippen LogP contribution < -0.4 is 4.90 Å². The Morgan fingerprint density at radius 1 is 1.35 bits per heavy atom. The first kappa shape index (κ1) is 11.8. The number of aliphatic hydroxyl groups excluding tert-OH is 1. The summed E-state index contributed by atoms with van der Waals surface area (Å²) in [5.74, 6) is 0.698. The second kappa shape index (κ2) is 5.10. The molecular formula is C13H17N3O. The number of rotatable bonds is 4. The predicted octanol–water partition coefficient (Wildman–Crippen LogP) is 1.84. The summed E-state index contributed by atoms with van der Waals surface area (Å²) in [6, 6.07) is 7.91. The molecule has 1 atom stereocenters. The second-order valence-corrected chi connectivity index (χ2v) is 4.29. The molecule has 0 radical (unpaired) electrons. The summed E-state index contributed by atoms with van der Waals surface area (Å²) < 4.78 is 0. The van der Waals surface area contributed by atoms with Gasteiger partial charge in [-0.1, -0.05) is 18.2 Å². The Kier molecular flexibility index (Phi) is 3.54. The van der Waals surface area contributed by atoms with E-state index in [0.29, 0.717) is 12.4 Å². The van der Waals surface area contributed by atoms with Gasteiger partial charge in [0.1, 0.15) is 0 Å². The maximum absolute atomic E-state index is 9.25. The molecule has 1 aromatic heterocycles. The number of para-hydroxylation sites is 1. The summed E-state index contributed by atoms with van der Waals surface area (Å²) in [5, 5.41) is 10.3. The molecule has 2 aromatic rings. The Bertz CT molecular complexity index is 499. The number of hydrogen-bond acceptors (Lipinski definition) is 4. The van der Waals surface area contributed by atoms with Crippen molar-refractivity contribution in [2.24, 2.45) is 0 Å². The molecule has 0 spiro atoms. The largest absolute Gasteiger partial charge is 0.393 e. The number of aromatic nitrogens is 2. The van der Waals surface area contributed by atoms with E-state index in [1.165, 1.54) is 0 Å². The fourth-order valence-electron chi connectivity index (χ4n) is 1.63. The molecule has 2 rings (SSSR count). The first-order valence-corrected chi connectivity index (χ1v) is 5.78. The minimum absolute atomic E-state index is 0.294. The van der Waals surface area contributed by atoms with E-state index in [9.17, 15) is 5.11 Å². The Hall–Kier alpha value is -1.68. The third kappa shape index (κ3) is 2.91. The van der Waals surface area contributed by atoms with Crippen LogP contribution in [0.2, 0.25) is 0 Å². The van der Waals surface area contributed by atoms with Crippen molar-refractivity contribution < 1.29 is 5.11 Å². The summed E-state index contributed by atoms with van der Waals surface area (Å²) in [5.41, 5.74) is 0.946. The van der Waals surface area contributed by atoms with Crippen molar-refractivity contribution in [2.45, 2.75) is 19.4 Å². The van der Waals surface area contributed by atoms with Gasteiger partial charge in [-0.3, -0.25) is 0 Å². The average Bonchev–Trinajstić information content (AvgIpc) is 2.35. The van der Waals surface area contributed by atoms with Crippen LogP contribution in [0, 0.1) is 0 Å². The minimum Gasteiger partial charge on any atom is -0.393 e. The van der Waals surface area contributed by atoms with Crippen LogP contribution in [0.4, 0.5) is 5.95 Å². The van der Waals surface area contributed by atoms with Gasteiger partial charge < -0.3 is 10.0 Å². The zero-order valence-corrected chi connectivity index (χ0v) is 10.2. The van der Waals surface area contributed by atoms with Gasteiger partial charge in [0.25, 0.3) is 0 Å². The van der Waals surface area contributed by atoms with E-state index < -0.39 is 0 Å². The van der Waals surface area contributed by atoms with Gasteiger partial charge in [0.15, 0.2) is 0 Å². The Labute approximate surface area is 101 Å². The summed E-state index contributed by atoms with van der Waals surface area (Å²) in [6.45, 7) is 2.53. The summed E-state index contributed by atoms with van der Waals surface area (Å²) in [7, 11) is 1.94. The van der Waals surface area contributed by atoms with Crippen molar-refractivity contribution in [2.75, 3.05) is 18.5 Å². The summed E-state index contributed by atoms with van der Waals surface area (Å²) >= 11 is 0. The number of benzene rings is 1. The van der Waals surface area contributed by atoms with Crippen molar-refractivity contribution in [3.05, 3.63) is 30.5 Å². The van der Waals surface area contributed by atoms with Crippen molar-refractivity contribution >= 4 is 16.9 Å². The van der Waals surface area contributed by atoms with Gasteiger partial charge in [0, 0.05) is 25.2 Å². The lowest BCUT2D eigenvalue weighted by atomic mass is 10.2. The molecule has 0 aliphatic rings. The lowest BCUT2D eigenvalue weighted by Crippen LogP contribution is -2.23. The molecule has 0 bridgehead atoms. The van der Waals surface area contributed by atoms with Crippen molar-refractivity contribution in [1.82, 2.24) is 9.97 Å². The maximum Gasteiger partial charge on any atom is 0.225 e. The number of hydrogen-bond donors (Lipinski definition) is 1. The fourth-order valence-corrected chi connectivity index (χ4v) is 1.63. The number of aliphatic hydroxyl groups is 1. The Balaban J connectivity index is 2.18.